The second kappa shape index (κ2) is 5.00. The Labute approximate surface area is 122 Å². The molecule has 1 aliphatic heterocycles. The highest BCUT2D eigenvalue weighted by atomic mass is 28.4. The van der Waals surface area contributed by atoms with Crippen LogP contribution in [0.2, 0.25) is 18.1 Å². The van der Waals surface area contributed by atoms with Crippen molar-refractivity contribution in [2.45, 2.75) is 51.4 Å². The molecule has 0 radical (unpaired) electrons. The molecular weight excluding hydrogens is 270 g/mol. The van der Waals surface area contributed by atoms with E-state index in [4.69, 9.17) is 4.43 Å². The Kier molecular flexibility index (Phi) is 3.81. The summed E-state index contributed by atoms with van der Waals surface area (Å²) in [7, 11) is 0.0255. The first-order valence-corrected chi connectivity index (χ1v) is 9.99. The Morgan fingerprint density at radius 2 is 2.05 bits per heavy atom. The van der Waals surface area contributed by atoms with Gasteiger partial charge >= 0.3 is 0 Å². The highest BCUT2D eigenvalue weighted by Gasteiger charge is 2.42. The van der Waals surface area contributed by atoms with Crippen molar-refractivity contribution in [2.75, 3.05) is 11.4 Å². The first-order valence-electron chi connectivity index (χ1n) is 7.08. The maximum Gasteiger partial charge on any atom is 0.230 e. The second-order valence-electron chi connectivity index (χ2n) is 7.06. The Morgan fingerprint density at radius 1 is 1.40 bits per heavy atom. The molecule has 1 fully saturated rings. The first-order chi connectivity index (χ1) is 9.10. The minimum atomic E-state index is -1.83. The summed E-state index contributed by atoms with van der Waals surface area (Å²) >= 11 is 0. The molecule has 6 heteroatoms. The number of carbonyl (C=O) groups excluding carboxylic acids is 1. The molecular formula is C14H25N3O2Si. The number of aromatic nitrogens is 2. The van der Waals surface area contributed by atoms with Crippen molar-refractivity contribution in [3.05, 3.63) is 12.3 Å². The lowest BCUT2D eigenvalue weighted by Crippen LogP contribution is -2.44. The van der Waals surface area contributed by atoms with Crippen LogP contribution in [-0.4, -0.2) is 36.7 Å². The summed E-state index contributed by atoms with van der Waals surface area (Å²) in [5.41, 5.74) is 0. The summed E-state index contributed by atoms with van der Waals surface area (Å²) < 4.78 is 8.05. The van der Waals surface area contributed by atoms with Gasteiger partial charge in [-0.05, 0) is 18.1 Å². The minimum Gasteiger partial charge on any atom is -0.412 e. The van der Waals surface area contributed by atoms with Crippen molar-refractivity contribution in [3.8, 4) is 0 Å². The summed E-state index contributed by atoms with van der Waals surface area (Å²) in [5, 5.41) is 4.46. The Balaban J connectivity index is 2.06. The zero-order valence-corrected chi connectivity index (χ0v) is 14.3. The summed E-state index contributed by atoms with van der Waals surface area (Å²) in [5.74, 6) is 0.825. The van der Waals surface area contributed by atoms with Crippen LogP contribution in [0.4, 0.5) is 5.82 Å². The molecule has 1 aromatic rings. The fourth-order valence-corrected chi connectivity index (χ4v) is 3.46. The number of carbonyl (C=O) groups is 1. The molecule has 1 atom stereocenters. The van der Waals surface area contributed by atoms with Gasteiger partial charge in [-0.2, -0.15) is 5.10 Å². The van der Waals surface area contributed by atoms with Gasteiger partial charge in [0.15, 0.2) is 14.1 Å². The lowest BCUT2D eigenvalue weighted by atomic mass is 10.2. The van der Waals surface area contributed by atoms with E-state index in [-0.39, 0.29) is 17.0 Å². The maximum atomic E-state index is 12.1. The molecule has 0 saturated carbocycles. The molecule has 0 unspecified atom stereocenters. The van der Waals surface area contributed by atoms with E-state index in [1.165, 1.54) is 0 Å². The van der Waals surface area contributed by atoms with Crippen LogP contribution in [-0.2, 0) is 16.3 Å². The van der Waals surface area contributed by atoms with Crippen molar-refractivity contribution in [2.24, 2.45) is 7.05 Å². The molecule has 5 nitrogen and oxygen atoms in total. The van der Waals surface area contributed by atoms with Crippen molar-refractivity contribution in [1.29, 1.82) is 0 Å². The van der Waals surface area contributed by atoms with Gasteiger partial charge < -0.3 is 4.43 Å². The number of hydrogen-bond acceptors (Lipinski definition) is 3. The van der Waals surface area contributed by atoms with Gasteiger partial charge in [-0.15, -0.1) is 0 Å². The van der Waals surface area contributed by atoms with Crippen LogP contribution >= 0.6 is 0 Å². The van der Waals surface area contributed by atoms with Crippen LogP contribution < -0.4 is 4.90 Å². The van der Waals surface area contributed by atoms with Gasteiger partial charge in [0.1, 0.15) is 0 Å². The third-order valence-corrected chi connectivity index (χ3v) is 8.87. The number of aryl methyl sites for hydroxylation is 1. The average Bonchev–Trinajstić information content (AvgIpc) is 2.83. The molecule has 0 spiro atoms. The first kappa shape index (κ1) is 15.2. The average molecular weight is 295 g/mol. The van der Waals surface area contributed by atoms with Gasteiger partial charge in [-0.1, -0.05) is 20.8 Å². The predicted octanol–water partition coefficient (Wildman–Crippen LogP) is 2.55. The number of anilines is 1. The van der Waals surface area contributed by atoms with E-state index in [0.29, 0.717) is 13.0 Å². The molecule has 0 N–H and O–H groups in total. The minimum absolute atomic E-state index is 0.00889. The predicted molar refractivity (Wildman–Crippen MR) is 82.2 cm³/mol. The lowest BCUT2D eigenvalue weighted by Gasteiger charge is -2.38. The fraction of sp³-hybridized carbons (Fsp3) is 0.714. The van der Waals surface area contributed by atoms with E-state index in [1.807, 2.05) is 19.3 Å². The zero-order chi connectivity index (χ0) is 15.1. The lowest BCUT2D eigenvalue weighted by molar-refractivity contribution is -0.117. The smallest absolute Gasteiger partial charge is 0.230 e. The van der Waals surface area contributed by atoms with Gasteiger partial charge in [0, 0.05) is 19.3 Å². The summed E-state index contributed by atoms with van der Waals surface area (Å²) in [4.78, 5) is 13.9. The number of rotatable bonds is 3. The van der Waals surface area contributed by atoms with E-state index in [1.54, 1.807) is 9.58 Å². The maximum absolute atomic E-state index is 12.1. The summed E-state index contributed by atoms with van der Waals surface area (Å²) in [6.45, 7) is 11.7. The van der Waals surface area contributed by atoms with E-state index in [2.05, 4.69) is 39.0 Å². The van der Waals surface area contributed by atoms with E-state index < -0.39 is 8.32 Å². The summed E-state index contributed by atoms with van der Waals surface area (Å²) in [6.07, 6.45) is 2.30. The number of nitrogens with zero attached hydrogens (tertiary/aromatic N) is 3. The van der Waals surface area contributed by atoms with Gasteiger partial charge in [0.25, 0.3) is 0 Å². The van der Waals surface area contributed by atoms with Crippen LogP contribution in [0.25, 0.3) is 0 Å². The van der Waals surface area contributed by atoms with Crippen molar-refractivity contribution < 1.29 is 9.22 Å². The second-order valence-corrected chi connectivity index (χ2v) is 11.8. The molecule has 1 aliphatic rings. The third kappa shape index (κ3) is 2.96. The molecule has 0 aromatic carbocycles. The molecule has 0 aliphatic carbocycles. The number of amides is 1. The largest absolute Gasteiger partial charge is 0.412 e. The molecule has 2 heterocycles. The van der Waals surface area contributed by atoms with Gasteiger partial charge in [0.2, 0.25) is 5.91 Å². The van der Waals surface area contributed by atoms with Crippen LogP contribution in [0, 0.1) is 0 Å². The molecule has 2 rings (SSSR count). The molecule has 1 saturated heterocycles. The van der Waals surface area contributed by atoms with Gasteiger partial charge in [-0.3, -0.25) is 14.4 Å². The number of hydrogen-bond donors (Lipinski definition) is 0. The third-order valence-electron chi connectivity index (χ3n) is 4.33. The van der Waals surface area contributed by atoms with Crippen molar-refractivity contribution in [3.63, 3.8) is 0 Å². The van der Waals surface area contributed by atoms with Gasteiger partial charge in [-0.25, -0.2) is 0 Å². The molecule has 1 aromatic heterocycles. The van der Waals surface area contributed by atoms with Crippen LogP contribution in [0.3, 0.4) is 0 Å². The zero-order valence-electron chi connectivity index (χ0n) is 13.3. The van der Waals surface area contributed by atoms with Crippen molar-refractivity contribution in [1.82, 2.24) is 9.78 Å². The fourth-order valence-electron chi connectivity index (χ4n) is 2.12. The Morgan fingerprint density at radius 3 is 2.55 bits per heavy atom. The molecule has 0 bridgehead atoms. The quantitative estimate of drug-likeness (QED) is 0.805. The topological polar surface area (TPSA) is 47.4 Å². The van der Waals surface area contributed by atoms with E-state index in [0.717, 1.165) is 5.82 Å². The Hall–Kier alpha value is -1.14. The van der Waals surface area contributed by atoms with Crippen LogP contribution in [0.15, 0.2) is 12.3 Å². The molecule has 20 heavy (non-hydrogen) atoms. The summed E-state index contributed by atoms with van der Waals surface area (Å²) in [6, 6.07) is 1.87. The normalized spacial score (nSPS) is 20.8. The SMILES string of the molecule is Cn1ccc(N2C[C@@H](O[Si](C)(C)C(C)(C)C)CC2=O)n1. The molecule has 112 valence electrons. The van der Waals surface area contributed by atoms with Crippen LogP contribution in [0.5, 0.6) is 0 Å². The highest BCUT2D eigenvalue weighted by Crippen LogP contribution is 2.38. The standard InChI is InChI=1S/C14H25N3O2Si/c1-14(2,3)20(5,6)19-11-9-13(18)17(10-11)12-7-8-16(4)15-12/h7-8,11H,9-10H2,1-6H3/t11-/m0/s1. The van der Waals surface area contributed by atoms with E-state index in [9.17, 15) is 4.79 Å². The monoisotopic (exact) mass is 295 g/mol. The van der Waals surface area contributed by atoms with Crippen LogP contribution in [0.1, 0.15) is 27.2 Å². The van der Waals surface area contributed by atoms with E-state index >= 15 is 0 Å². The van der Waals surface area contributed by atoms with Gasteiger partial charge in [0.05, 0.1) is 19.1 Å². The van der Waals surface area contributed by atoms with Crippen molar-refractivity contribution >= 4 is 20.0 Å². The highest BCUT2D eigenvalue weighted by molar-refractivity contribution is 6.74. The Bertz CT molecular complexity index is 505. The molecule has 1 amide bonds.